The van der Waals surface area contributed by atoms with Crippen LogP contribution in [0.4, 0.5) is 14.5 Å². The van der Waals surface area contributed by atoms with Gasteiger partial charge < -0.3 is 24.8 Å². The summed E-state index contributed by atoms with van der Waals surface area (Å²) in [6.45, 7) is 0.935. The smallest absolute Gasteiger partial charge is 0.387 e. The van der Waals surface area contributed by atoms with Crippen LogP contribution >= 0.6 is 24.0 Å². The number of nitrogens with zero attached hydrogens (tertiary/aromatic N) is 5. The molecule has 0 radical (unpaired) electrons. The van der Waals surface area contributed by atoms with Gasteiger partial charge in [0.05, 0.1) is 5.69 Å². The van der Waals surface area contributed by atoms with Crippen molar-refractivity contribution in [2.24, 2.45) is 12.0 Å². The molecular weight excluding hydrogens is 543 g/mol. The van der Waals surface area contributed by atoms with Gasteiger partial charge in [-0.2, -0.15) is 8.78 Å². The van der Waals surface area contributed by atoms with Crippen LogP contribution in [0.5, 0.6) is 5.75 Å². The Morgan fingerprint density at radius 1 is 1.15 bits per heavy atom. The summed E-state index contributed by atoms with van der Waals surface area (Å²) in [4.78, 5) is 6.86. The first-order chi connectivity index (χ1) is 15.5. The van der Waals surface area contributed by atoms with Gasteiger partial charge in [0, 0.05) is 32.2 Å². The Kier molecular flexibility index (Phi) is 9.10. The van der Waals surface area contributed by atoms with E-state index in [1.165, 1.54) is 12.8 Å². The molecule has 1 atom stereocenters. The summed E-state index contributed by atoms with van der Waals surface area (Å²) in [6, 6.07) is 7.51. The Labute approximate surface area is 210 Å². The second kappa shape index (κ2) is 11.8. The Balaban J connectivity index is 0.00000306. The molecule has 11 heteroatoms. The van der Waals surface area contributed by atoms with Crippen LogP contribution < -0.4 is 20.3 Å². The van der Waals surface area contributed by atoms with Crippen molar-refractivity contribution in [3.05, 3.63) is 35.9 Å². The lowest BCUT2D eigenvalue weighted by Gasteiger charge is -2.23. The molecule has 0 spiro atoms. The Morgan fingerprint density at radius 2 is 1.88 bits per heavy atom. The number of alkyl halides is 2. The van der Waals surface area contributed by atoms with Gasteiger partial charge in [-0.15, -0.1) is 34.2 Å². The second-order valence-electron chi connectivity index (χ2n) is 8.44. The van der Waals surface area contributed by atoms with Crippen molar-refractivity contribution in [3.63, 3.8) is 0 Å². The highest BCUT2D eigenvalue weighted by Crippen LogP contribution is 2.31. The maximum atomic E-state index is 12.8. The van der Waals surface area contributed by atoms with Crippen LogP contribution in [0.25, 0.3) is 0 Å². The first-order valence-corrected chi connectivity index (χ1v) is 11.2. The van der Waals surface area contributed by atoms with Crippen molar-refractivity contribution in [2.75, 3.05) is 18.0 Å². The van der Waals surface area contributed by atoms with Gasteiger partial charge in [0.2, 0.25) is 0 Å². The minimum absolute atomic E-state index is 0. The number of benzene rings is 1. The Hall–Kier alpha value is -2.18. The SMILES string of the molecule is Cc1nnc(CN=C(NC2CCCC2)NC2CCN(c3ccccc3OC(F)F)C2)n1C.I. The number of hydrogen-bond acceptors (Lipinski definition) is 5. The molecule has 1 aromatic heterocycles. The molecule has 1 unspecified atom stereocenters. The highest BCUT2D eigenvalue weighted by atomic mass is 127. The van der Waals surface area contributed by atoms with Crippen molar-refractivity contribution in [1.29, 1.82) is 0 Å². The molecule has 1 saturated heterocycles. The van der Waals surface area contributed by atoms with Crippen LogP contribution in [-0.4, -0.2) is 52.5 Å². The monoisotopic (exact) mass is 575 g/mol. The van der Waals surface area contributed by atoms with E-state index >= 15 is 0 Å². The third-order valence-electron chi connectivity index (χ3n) is 6.21. The van der Waals surface area contributed by atoms with E-state index in [4.69, 9.17) is 9.73 Å². The van der Waals surface area contributed by atoms with Crippen molar-refractivity contribution in [3.8, 4) is 5.75 Å². The molecule has 1 aliphatic heterocycles. The summed E-state index contributed by atoms with van der Waals surface area (Å²) in [5, 5.41) is 15.4. The normalized spacial score (nSPS) is 19.1. The Morgan fingerprint density at radius 3 is 2.58 bits per heavy atom. The van der Waals surface area contributed by atoms with Gasteiger partial charge in [-0.05, 0) is 38.3 Å². The van der Waals surface area contributed by atoms with Crippen LogP contribution in [0.2, 0.25) is 0 Å². The first kappa shape index (κ1) is 25.4. The number of halogens is 3. The predicted octanol–water partition coefficient (Wildman–Crippen LogP) is 3.60. The summed E-state index contributed by atoms with van der Waals surface area (Å²) in [5.41, 5.74) is 0.689. The van der Waals surface area contributed by atoms with Gasteiger partial charge in [0.15, 0.2) is 11.8 Å². The maximum Gasteiger partial charge on any atom is 0.387 e. The lowest BCUT2D eigenvalue weighted by Crippen LogP contribution is -2.47. The summed E-state index contributed by atoms with van der Waals surface area (Å²) >= 11 is 0. The molecule has 8 nitrogen and oxygen atoms in total. The fraction of sp³-hybridized carbons (Fsp3) is 0.591. The second-order valence-corrected chi connectivity index (χ2v) is 8.44. The van der Waals surface area contributed by atoms with Crippen molar-refractivity contribution >= 4 is 35.6 Å². The molecule has 1 aromatic carbocycles. The van der Waals surface area contributed by atoms with E-state index in [0.29, 0.717) is 24.8 Å². The lowest BCUT2D eigenvalue weighted by atomic mass is 10.2. The van der Waals surface area contributed by atoms with E-state index in [-0.39, 0.29) is 35.8 Å². The van der Waals surface area contributed by atoms with Crippen molar-refractivity contribution < 1.29 is 13.5 Å². The molecule has 4 rings (SSSR count). The zero-order chi connectivity index (χ0) is 22.5. The number of hydrogen-bond donors (Lipinski definition) is 2. The standard InChI is InChI=1S/C22H31F2N7O.HI/c1-15-28-29-20(30(15)2)13-25-22(26-16-7-3-4-8-16)27-17-11-12-31(14-17)18-9-5-6-10-19(18)32-21(23)24;/h5-6,9-10,16-17,21H,3-4,7-8,11-14H2,1-2H3,(H2,25,26,27);1H. The van der Waals surface area contributed by atoms with Gasteiger partial charge in [0.25, 0.3) is 0 Å². The van der Waals surface area contributed by atoms with Gasteiger partial charge in [-0.25, -0.2) is 4.99 Å². The number of para-hydroxylation sites is 2. The van der Waals surface area contributed by atoms with E-state index in [0.717, 1.165) is 43.4 Å². The summed E-state index contributed by atoms with van der Waals surface area (Å²) < 4.78 is 32.2. The molecule has 2 aliphatic rings. The van der Waals surface area contributed by atoms with Crippen LogP contribution in [0.15, 0.2) is 29.3 Å². The molecule has 0 bridgehead atoms. The summed E-state index contributed by atoms with van der Waals surface area (Å²) in [6.07, 6.45) is 5.60. The van der Waals surface area contributed by atoms with E-state index < -0.39 is 6.61 Å². The predicted molar refractivity (Wildman–Crippen MR) is 135 cm³/mol. The summed E-state index contributed by atoms with van der Waals surface area (Å²) in [7, 11) is 1.94. The average molecular weight is 575 g/mol. The Bertz CT molecular complexity index is 933. The van der Waals surface area contributed by atoms with Crippen LogP contribution in [0.1, 0.15) is 43.8 Å². The van der Waals surface area contributed by atoms with Crippen molar-refractivity contribution in [2.45, 2.75) is 64.3 Å². The van der Waals surface area contributed by atoms with E-state index in [1.807, 2.05) is 30.7 Å². The zero-order valence-corrected chi connectivity index (χ0v) is 21.3. The topological polar surface area (TPSA) is 79.6 Å². The highest BCUT2D eigenvalue weighted by Gasteiger charge is 2.27. The van der Waals surface area contributed by atoms with E-state index in [9.17, 15) is 8.78 Å². The number of aryl methyl sites for hydroxylation is 1. The van der Waals surface area contributed by atoms with Crippen LogP contribution in [0, 0.1) is 6.92 Å². The number of guanidine groups is 1. The third-order valence-corrected chi connectivity index (χ3v) is 6.21. The zero-order valence-electron chi connectivity index (χ0n) is 19.0. The largest absolute Gasteiger partial charge is 0.433 e. The van der Waals surface area contributed by atoms with E-state index in [2.05, 4.69) is 25.7 Å². The number of aromatic nitrogens is 3. The molecule has 33 heavy (non-hydrogen) atoms. The van der Waals surface area contributed by atoms with Crippen LogP contribution in [-0.2, 0) is 13.6 Å². The number of nitrogens with one attached hydrogen (secondary N) is 2. The maximum absolute atomic E-state index is 12.8. The fourth-order valence-electron chi connectivity index (χ4n) is 4.34. The van der Waals surface area contributed by atoms with E-state index in [1.54, 1.807) is 12.1 Å². The van der Waals surface area contributed by atoms with Gasteiger partial charge >= 0.3 is 6.61 Å². The van der Waals surface area contributed by atoms with Crippen molar-refractivity contribution in [1.82, 2.24) is 25.4 Å². The minimum Gasteiger partial charge on any atom is -0.433 e. The molecule has 2 heterocycles. The summed E-state index contributed by atoms with van der Waals surface area (Å²) in [5.74, 6) is 2.63. The highest BCUT2D eigenvalue weighted by molar-refractivity contribution is 14.0. The van der Waals surface area contributed by atoms with Gasteiger partial charge in [0.1, 0.15) is 18.1 Å². The molecule has 182 valence electrons. The van der Waals surface area contributed by atoms with Gasteiger partial charge in [-0.1, -0.05) is 25.0 Å². The first-order valence-electron chi connectivity index (χ1n) is 11.2. The molecule has 2 N–H and O–H groups in total. The molecule has 0 amide bonds. The average Bonchev–Trinajstić information content (AvgIpc) is 3.51. The number of rotatable bonds is 7. The molecule has 2 aromatic rings. The van der Waals surface area contributed by atoms with Gasteiger partial charge in [-0.3, -0.25) is 0 Å². The molecule has 1 saturated carbocycles. The lowest BCUT2D eigenvalue weighted by molar-refractivity contribution is -0.0495. The number of ether oxygens (including phenoxy) is 1. The fourth-order valence-corrected chi connectivity index (χ4v) is 4.34. The number of anilines is 1. The minimum atomic E-state index is -2.84. The quantitative estimate of drug-likeness (QED) is 0.299. The molecular formula is C22H32F2IN7O. The van der Waals surface area contributed by atoms with Crippen LogP contribution in [0.3, 0.4) is 0 Å². The third kappa shape index (κ3) is 6.67. The number of aliphatic imine (C=N–C) groups is 1. The molecule has 2 fully saturated rings. The molecule has 1 aliphatic carbocycles.